The maximum atomic E-state index is 10.6. The van der Waals surface area contributed by atoms with Crippen LogP contribution in [0.25, 0.3) is 0 Å². The Kier molecular flexibility index (Phi) is 5.59. The molecule has 1 amide bonds. The first-order valence-electron chi connectivity index (χ1n) is 6.96. The molecule has 7 heteroatoms. The lowest BCUT2D eigenvalue weighted by Crippen LogP contribution is -2.53. The van der Waals surface area contributed by atoms with E-state index in [0.717, 1.165) is 0 Å². The number of carboxylic acid groups (broad SMARTS) is 1. The number of amides is 1. The Morgan fingerprint density at radius 3 is 2.50 bits per heavy atom. The number of hydrogen-bond donors (Lipinski definition) is 3. The van der Waals surface area contributed by atoms with Crippen molar-refractivity contribution in [2.75, 3.05) is 13.2 Å². The lowest BCUT2D eigenvalue weighted by atomic mass is 10.0. The number of aliphatic hydroxyl groups excluding tert-OH is 1. The minimum Gasteiger partial charge on any atom is -0.465 e. The highest BCUT2D eigenvalue weighted by Crippen LogP contribution is 2.36. The number of aliphatic hydroxyl groups is 1. The Bertz CT molecular complexity index is 342. The minimum atomic E-state index is -1.83. The molecule has 3 N–H and O–H groups in total. The molecule has 0 saturated carbocycles. The summed E-state index contributed by atoms with van der Waals surface area (Å²) in [6.45, 7) is 11.5. The molecule has 0 aromatic rings. The first-order chi connectivity index (χ1) is 9.03. The zero-order valence-corrected chi connectivity index (χ0v) is 14.0. The summed E-state index contributed by atoms with van der Waals surface area (Å²) < 4.78 is 11.6. The quantitative estimate of drug-likeness (QED) is 0.689. The van der Waals surface area contributed by atoms with Crippen LogP contribution in [-0.2, 0) is 9.16 Å². The molecule has 1 aliphatic heterocycles. The molecule has 1 fully saturated rings. The van der Waals surface area contributed by atoms with E-state index < -0.39 is 26.6 Å². The van der Waals surface area contributed by atoms with Gasteiger partial charge in [-0.2, -0.15) is 0 Å². The van der Waals surface area contributed by atoms with E-state index in [-0.39, 0.29) is 17.7 Å². The molecule has 0 aliphatic carbocycles. The van der Waals surface area contributed by atoms with Crippen molar-refractivity contribution >= 4 is 14.4 Å². The highest BCUT2D eigenvalue weighted by molar-refractivity contribution is 6.74. The summed E-state index contributed by atoms with van der Waals surface area (Å²) in [7, 11) is -1.83. The molecule has 0 spiro atoms. The summed E-state index contributed by atoms with van der Waals surface area (Å²) in [6.07, 6.45) is -1.66. The second-order valence-electron chi connectivity index (χ2n) is 6.89. The van der Waals surface area contributed by atoms with E-state index in [1.165, 1.54) is 0 Å². The van der Waals surface area contributed by atoms with Crippen molar-refractivity contribution < 1.29 is 24.2 Å². The van der Waals surface area contributed by atoms with Gasteiger partial charge in [0.2, 0.25) is 0 Å². The third-order valence-corrected chi connectivity index (χ3v) is 8.73. The standard InChI is InChI=1S/C13H27NO5Si/c1-13(2,3)20(4,5)19-7-9-6-11(15)10(8-18-9)14-12(16)17/h9-11,14-15H,6-8H2,1-5H3,(H,16,17)/t9-,10-,11+/m0/s1. The van der Waals surface area contributed by atoms with Crippen molar-refractivity contribution in [2.45, 2.75) is 63.6 Å². The smallest absolute Gasteiger partial charge is 0.405 e. The van der Waals surface area contributed by atoms with Crippen LogP contribution in [0.5, 0.6) is 0 Å². The molecule has 1 heterocycles. The van der Waals surface area contributed by atoms with Gasteiger partial charge in [-0.1, -0.05) is 20.8 Å². The van der Waals surface area contributed by atoms with Crippen molar-refractivity contribution in [3.05, 3.63) is 0 Å². The van der Waals surface area contributed by atoms with E-state index in [1.54, 1.807) is 0 Å². The first-order valence-corrected chi connectivity index (χ1v) is 9.87. The van der Waals surface area contributed by atoms with Gasteiger partial charge >= 0.3 is 6.09 Å². The molecule has 0 radical (unpaired) electrons. The molecule has 1 aliphatic rings. The lowest BCUT2D eigenvalue weighted by molar-refractivity contribution is -0.0797. The van der Waals surface area contributed by atoms with Crippen LogP contribution in [0.2, 0.25) is 18.1 Å². The molecule has 0 bridgehead atoms. The summed E-state index contributed by atoms with van der Waals surface area (Å²) in [4.78, 5) is 10.6. The first kappa shape index (κ1) is 17.4. The summed E-state index contributed by atoms with van der Waals surface area (Å²) in [5.74, 6) is 0. The Morgan fingerprint density at radius 1 is 1.45 bits per heavy atom. The Hall–Kier alpha value is -0.633. The monoisotopic (exact) mass is 305 g/mol. The van der Waals surface area contributed by atoms with E-state index >= 15 is 0 Å². The summed E-state index contributed by atoms with van der Waals surface area (Å²) in [5.41, 5.74) is 0. The zero-order chi connectivity index (χ0) is 15.6. The van der Waals surface area contributed by atoms with Gasteiger partial charge < -0.3 is 24.7 Å². The fraction of sp³-hybridized carbons (Fsp3) is 0.923. The third kappa shape index (κ3) is 4.73. The topological polar surface area (TPSA) is 88.0 Å². The SMILES string of the molecule is CC(C)(C)[Si](C)(C)OC[C@@H]1C[C@@H](O)[C@@H](NC(=O)O)CO1. The van der Waals surface area contributed by atoms with Crippen LogP contribution in [0.1, 0.15) is 27.2 Å². The van der Waals surface area contributed by atoms with Crippen molar-refractivity contribution in [3.8, 4) is 0 Å². The number of carbonyl (C=O) groups is 1. The second-order valence-corrected chi connectivity index (χ2v) is 11.7. The largest absolute Gasteiger partial charge is 0.465 e. The zero-order valence-electron chi connectivity index (χ0n) is 13.0. The predicted octanol–water partition coefficient (Wildman–Crippen LogP) is 1.79. The second kappa shape index (κ2) is 6.42. The number of ether oxygens (including phenoxy) is 1. The van der Waals surface area contributed by atoms with E-state index in [0.29, 0.717) is 13.0 Å². The van der Waals surface area contributed by atoms with Crippen LogP contribution in [0.4, 0.5) is 4.79 Å². The number of rotatable bonds is 4. The Balaban J connectivity index is 2.44. The van der Waals surface area contributed by atoms with Crippen LogP contribution in [-0.4, -0.2) is 56.1 Å². The van der Waals surface area contributed by atoms with Crippen LogP contribution in [0, 0.1) is 0 Å². The van der Waals surface area contributed by atoms with Gasteiger partial charge in [0.1, 0.15) is 0 Å². The predicted molar refractivity (Wildman–Crippen MR) is 78.5 cm³/mol. The van der Waals surface area contributed by atoms with E-state index in [9.17, 15) is 9.90 Å². The average molecular weight is 305 g/mol. The molecule has 6 nitrogen and oxygen atoms in total. The van der Waals surface area contributed by atoms with Crippen LogP contribution in [0.15, 0.2) is 0 Å². The van der Waals surface area contributed by atoms with Crippen LogP contribution < -0.4 is 5.32 Å². The maximum absolute atomic E-state index is 10.6. The normalized spacial score (nSPS) is 28.2. The van der Waals surface area contributed by atoms with Crippen molar-refractivity contribution in [2.24, 2.45) is 0 Å². The fourth-order valence-corrected chi connectivity index (χ4v) is 2.82. The van der Waals surface area contributed by atoms with Crippen molar-refractivity contribution in [1.82, 2.24) is 5.32 Å². The lowest BCUT2D eigenvalue weighted by Gasteiger charge is -2.39. The molecular formula is C13H27NO5Si. The maximum Gasteiger partial charge on any atom is 0.405 e. The average Bonchev–Trinajstić information content (AvgIpc) is 2.28. The van der Waals surface area contributed by atoms with Gasteiger partial charge in [-0.05, 0) is 18.1 Å². The fourth-order valence-electron chi connectivity index (χ4n) is 1.78. The Labute approximate surface area is 121 Å². The van der Waals surface area contributed by atoms with Gasteiger partial charge in [0.15, 0.2) is 8.32 Å². The van der Waals surface area contributed by atoms with Crippen molar-refractivity contribution in [1.29, 1.82) is 0 Å². The van der Waals surface area contributed by atoms with E-state index in [1.807, 2.05) is 0 Å². The molecule has 1 rings (SSSR count). The van der Waals surface area contributed by atoms with Gasteiger partial charge in [-0.25, -0.2) is 4.79 Å². The molecule has 3 atom stereocenters. The Morgan fingerprint density at radius 2 is 2.05 bits per heavy atom. The van der Waals surface area contributed by atoms with Gasteiger partial charge in [0, 0.05) is 6.42 Å². The van der Waals surface area contributed by atoms with Crippen LogP contribution >= 0.6 is 0 Å². The summed E-state index contributed by atoms with van der Waals surface area (Å²) in [6, 6.07) is -0.559. The van der Waals surface area contributed by atoms with Crippen molar-refractivity contribution in [3.63, 3.8) is 0 Å². The highest BCUT2D eigenvalue weighted by atomic mass is 28.4. The minimum absolute atomic E-state index is 0.133. The summed E-state index contributed by atoms with van der Waals surface area (Å²) in [5, 5.41) is 21.0. The third-order valence-electron chi connectivity index (χ3n) is 4.23. The van der Waals surface area contributed by atoms with E-state index in [4.69, 9.17) is 14.3 Å². The van der Waals surface area contributed by atoms with Gasteiger partial charge in [0.05, 0.1) is 31.5 Å². The van der Waals surface area contributed by atoms with Gasteiger partial charge in [0.25, 0.3) is 0 Å². The molecule has 118 valence electrons. The molecule has 0 aromatic carbocycles. The molecular weight excluding hydrogens is 278 g/mol. The van der Waals surface area contributed by atoms with E-state index in [2.05, 4.69) is 39.2 Å². The molecule has 20 heavy (non-hydrogen) atoms. The van der Waals surface area contributed by atoms with Gasteiger partial charge in [-0.3, -0.25) is 0 Å². The number of hydrogen-bond acceptors (Lipinski definition) is 4. The molecule has 0 aromatic heterocycles. The van der Waals surface area contributed by atoms with Crippen LogP contribution in [0.3, 0.4) is 0 Å². The highest BCUT2D eigenvalue weighted by Gasteiger charge is 2.39. The molecule has 0 unspecified atom stereocenters. The molecule has 1 saturated heterocycles. The van der Waals surface area contributed by atoms with Gasteiger partial charge in [-0.15, -0.1) is 0 Å². The number of nitrogens with one attached hydrogen (secondary N) is 1. The summed E-state index contributed by atoms with van der Waals surface area (Å²) >= 11 is 0.